The molecule has 1 saturated heterocycles. The molecule has 0 aromatic heterocycles. The smallest absolute Gasteiger partial charge is 0.303 e. The van der Waals surface area contributed by atoms with Gasteiger partial charge in [0.05, 0.1) is 6.42 Å². The molecule has 4 nitrogen and oxygen atoms in total. The third kappa shape index (κ3) is 2.80. The summed E-state index contributed by atoms with van der Waals surface area (Å²) in [7, 11) is 0. The standard InChI is InChI=1S/C13H22N2O2/c16-12(17)9-13(3-4-13)10-14-5-7-15(8-6-14)11-1-2-11/h11H,1-10H2,(H,16,17). The molecule has 0 amide bonds. The summed E-state index contributed by atoms with van der Waals surface area (Å²) in [5, 5.41) is 8.91. The average molecular weight is 238 g/mol. The maximum atomic E-state index is 10.8. The van der Waals surface area contributed by atoms with Crippen LogP contribution in [0.3, 0.4) is 0 Å². The summed E-state index contributed by atoms with van der Waals surface area (Å²) in [5.74, 6) is -0.626. The Morgan fingerprint density at radius 2 is 1.82 bits per heavy atom. The summed E-state index contributed by atoms with van der Waals surface area (Å²) >= 11 is 0. The highest BCUT2D eigenvalue weighted by molar-refractivity contribution is 5.68. The van der Waals surface area contributed by atoms with E-state index >= 15 is 0 Å². The van der Waals surface area contributed by atoms with Gasteiger partial charge >= 0.3 is 5.97 Å². The Kier molecular flexibility index (Phi) is 2.87. The lowest BCUT2D eigenvalue weighted by Gasteiger charge is -2.36. The van der Waals surface area contributed by atoms with Gasteiger partial charge in [0.15, 0.2) is 0 Å². The number of rotatable bonds is 5. The lowest BCUT2D eigenvalue weighted by atomic mass is 10.0. The molecule has 0 radical (unpaired) electrons. The molecular weight excluding hydrogens is 216 g/mol. The second kappa shape index (κ2) is 4.25. The number of hydrogen-bond donors (Lipinski definition) is 1. The minimum atomic E-state index is -0.626. The number of carboxylic acids is 1. The van der Waals surface area contributed by atoms with E-state index in [0.717, 1.165) is 38.5 Å². The van der Waals surface area contributed by atoms with Gasteiger partial charge in [-0.3, -0.25) is 9.69 Å². The molecule has 3 aliphatic rings. The first kappa shape index (κ1) is 11.5. The number of nitrogens with zero attached hydrogens (tertiary/aromatic N) is 2. The Labute approximate surface area is 103 Å². The maximum absolute atomic E-state index is 10.8. The second-order valence-electron chi connectivity index (χ2n) is 6.11. The summed E-state index contributed by atoms with van der Waals surface area (Å²) in [4.78, 5) is 15.9. The summed E-state index contributed by atoms with van der Waals surface area (Å²) < 4.78 is 0. The molecule has 0 bridgehead atoms. The number of hydrogen-bond acceptors (Lipinski definition) is 3. The Morgan fingerprint density at radius 1 is 1.18 bits per heavy atom. The molecular formula is C13H22N2O2. The molecule has 3 fully saturated rings. The summed E-state index contributed by atoms with van der Waals surface area (Å²) in [5.41, 5.74) is 0.133. The zero-order valence-electron chi connectivity index (χ0n) is 10.4. The highest BCUT2D eigenvalue weighted by Crippen LogP contribution is 2.49. The average Bonchev–Trinajstić information content (AvgIpc) is 3.14. The summed E-state index contributed by atoms with van der Waals surface area (Å²) in [6.45, 7) is 5.66. The fraction of sp³-hybridized carbons (Fsp3) is 0.923. The highest BCUT2D eigenvalue weighted by Gasteiger charge is 2.46. The van der Waals surface area contributed by atoms with E-state index in [9.17, 15) is 4.79 Å². The van der Waals surface area contributed by atoms with Gasteiger partial charge in [0.1, 0.15) is 0 Å². The van der Waals surface area contributed by atoms with E-state index in [0.29, 0.717) is 6.42 Å². The van der Waals surface area contributed by atoms with Crippen molar-refractivity contribution in [2.45, 2.75) is 38.1 Å². The fourth-order valence-electron chi connectivity index (χ4n) is 3.09. The van der Waals surface area contributed by atoms with Crippen LogP contribution in [0.2, 0.25) is 0 Å². The van der Waals surface area contributed by atoms with Crippen LogP contribution in [0.1, 0.15) is 32.1 Å². The van der Waals surface area contributed by atoms with Gasteiger partial charge in [-0.1, -0.05) is 0 Å². The van der Waals surface area contributed by atoms with Gasteiger partial charge in [-0.15, -0.1) is 0 Å². The lowest BCUT2D eigenvalue weighted by molar-refractivity contribution is -0.138. The van der Waals surface area contributed by atoms with Crippen LogP contribution in [0.25, 0.3) is 0 Å². The molecule has 0 spiro atoms. The molecule has 2 aliphatic carbocycles. The van der Waals surface area contributed by atoms with Crippen molar-refractivity contribution < 1.29 is 9.90 Å². The fourth-order valence-corrected chi connectivity index (χ4v) is 3.09. The van der Waals surface area contributed by atoms with Gasteiger partial charge in [0, 0.05) is 38.8 Å². The van der Waals surface area contributed by atoms with E-state index in [1.165, 1.54) is 25.9 Å². The van der Waals surface area contributed by atoms with Crippen molar-refractivity contribution in [3.8, 4) is 0 Å². The van der Waals surface area contributed by atoms with Crippen molar-refractivity contribution in [1.29, 1.82) is 0 Å². The van der Waals surface area contributed by atoms with Gasteiger partial charge in [0.2, 0.25) is 0 Å². The van der Waals surface area contributed by atoms with Crippen LogP contribution in [0, 0.1) is 5.41 Å². The molecule has 2 saturated carbocycles. The minimum absolute atomic E-state index is 0.133. The minimum Gasteiger partial charge on any atom is -0.481 e. The van der Waals surface area contributed by atoms with Crippen molar-refractivity contribution in [3.05, 3.63) is 0 Å². The Hall–Kier alpha value is -0.610. The van der Waals surface area contributed by atoms with Crippen LogP contribution in [0.4, 0.5) is 0 Å². The van der Waals surface area contributed by atoms with Gasteiger partial charge in [0.25, 0.3) is 0 Å². The predicted octanol–water partition coefficient (Wildman–Crippen LogP) is 1.02. The van der Waals surface area contributed by atoms with Crippen molar-refractivity contribution in [3.63, 3.8) is 0 Å². The van der Waals surface area contributed by atoms with Crippen molar-refractivity contribution in [2.75, 3.05) is 32.7 Å². The molecule has 1 N–H and O–H groups in total. The van der Waals surface area contributed by atoms with Crippen molar-refractivity contribution in [2.24, 2.45) is 5.41 Å². The van der Waals surface area contributed by atoms with E-state index in [-0.39, 0.29) is 5.41 Å². The number of carbonyl (C=O) groups is 1. The van der Waals surface area contributed by atoms with E-state index in [1.807, 2.05) is 0 Å². The summed E-state index contributed by atoms with van der Waals surface area (Å²) in [6.07, 6.45) is 5.38. The Balaban J connectivity index is 1.45. The van der Waals surface area contributed by atoms with Crippen LogP contribution in [0.15, 0.2) is 0 Å². The van der Waals surface area contributed by atoms with E-state index in [2.05, 4.69) is 9.80 Å². The molecule has 17 heavy (non-hydrogen) atoms. The Morgan fingerprint density at radius 3 is 2.29 bits per heavy atom. The van der Waals surface area contributed by atoms with E-state index in [1.54, 1.807) is 0 Å². The first-order chi connectivity index (χ1) is 8.17. The van der Waals surface area contributed by atoms with Gasteiger partial charge in [-0.05, 0) is 31.1 Å². The topological polar surface area (TPSA) is 43.8 Å². The molecule has 3 rings (SSSR count). The van der Waals surface area contributed by atoms with Crippen LogP contribution >= 0.6 is 0 Å². The highest BCUT2D eigenvalue weighted by atomic mass is 16.4. The zero-order chi connectivity index (χ0) is 11.9. The second-order valence-corrected chi connectivity index (χ2v) is 6.11. The molecule has 0 aromatic rings. The maximum Gasteiger partial charge on any atom is 0.303 e. The molecule has 4 heteroatoms. The number of piperazine rings is 1. The van der Waals surface area contributed by atoms with Crippen LogP contribution in [0.5, 0.6) is 0 Å². The molecule has 0 aromatic carbocycles. The third-order valence-electron chi connectivity index (χ3n) is 4.51. The lowest BCUT2D eigenvalue weighted by Crippen LogP contribution is -2.48. The monoisotopic (exact) mass is 238 g/mol. The Bertz CT molecular complexity index is 303. The molecule has 1 heterocycles. The first-order valence-corrected chi connectivity index (χ1v) is 6.85. The number of carboxylic acid groups (broad SMARTS) is 1. The molecule has 0 atom stereocenters. The quantitative estimate of drug-likeness (QED) is 0.776. The number of aliphatic carboxylic acids is 1. The molecule has 96 valence electrons. The van der Waals surface area contributed by atoms with Crippen molar-refractivity contribution >= 4 is 5.97 Å². The SMILES string of the molecule is O=C(O)CC1(CN2CCN(C3CC3)CC2)CC1. The van der Waals surface area contributed by atoms with Crippen LogP contribution < -0.4 is 0 Å². The third-order valence-corrected chi connectivity index (χ3v) is 4.51. The van der Waals surface area contributed by atoms with Crippen LogP contribution in [-0.4, -0.2) is 59.6 Å². The van der Waals surface area contributed by atoms with E-state index < -0.39 is 5.97 Å². The van der Waals surface area contributed by atoms with Gasteiger partial charge in [-0.2, -0.15) is 0 Å². The van der Waals surface area contributed by atoms with Crippen molar-refractivity contribution in [1.82, 2.24) is 9.80 Å². The largest absolute Gasteiger partial charge is 0.481 e. The zero-order valence-corrected chi connectivity index (χ0v) is 10.4. The summed E-state index contributed by atoms with van der Waals surface area (Å²) in [6, 6.07) is 0.881. The normalized spacial score (nSPS) is 29.2. The van der Waals surface area contributed by atoms with Gasteiger partial charge in [-0.25, -0.2) is 0 Å². The van der Waals surface area contributed by atoms with Gasteiger partial charge < -0.3 is 10.0 Å². The molecule has 0 unspecified atom stereocenters. The van der Waals surface area contributed by atoms with E-state index in [4.69, 9.17) is 5.11 Å². The predicted molar refractivity (Wildman–Crippen MR) is 65.0 cm³/mol. The molecule has 1 aliphatic heterocycles. The first-order valence-electron chi connectivity index (χ1n) is 6.85. The van der Waals surface area contributed by atoms with Crippen LogP contribution in [-0.2, 0) is 4.79 Å².